The summed E-state index contributed by atoms with van der Waals surface area (Å²) in [5.41, 5.74) is 0.325. The summed E-state index contributed by atoms with van der Waals surface area (Å²) in [6.45, 7) is 6.08. The molecule has 0 spiro atoms. The maximum Gasteiger partial charge on any atom is 0.273 e. The summed E-state index contributed by atoms with van der Waals surface area (Å²) in [7, 11) is -2.38. The van der Waals surface area contributed by atoms with Gasteiger partial charge in [0.15, 0.2) is 0 Å². The molecule has 0 bridgehead atoms. The summed E-state index contributed by atoms with van der Waals surface area (Å²) < 4.78 is 31.2. The van der Waals surface area contributed by atoms with Gasteiger partial charge < -0.3 is 14.6 Å². The van der Waals surface area contributed by atoms with E-state index in [-0.39, 0.29) is 29.4 Å². The molecule has 1 amide bonds. The third-order valence-corrected chi connectivity index (χ3v) is 5.40. The van der Waals surface area contributed by atoms with Gasteiger partial charge in [0.25, 0.3) is 15.9 Å². The molecular formula is C15H26ClN3O4S. The quantitative estimate of drug-likeness (QED) is 0.781. The number of amides is 1. The molecule has 1 fully saturated rings. The molecule has 7 nitrogen and oxygen atoms in total. The first-order valence-corrected chi connectivity index (χ1v) is 9.44. The van der Waals surface area contributed by atoms with Crippen molar-refractivity contribution in [3.05, 3.63) is 17.4 Å². The van der Waals surface area contributed by atoms with Crippen LogP contribution in [0.3, 0.4) is 0 Å². The van der Waals surface area contributed by atoms with E-state index in [4.69, 9.17) is 4.42 Å². The molecule has 24 heavy (non-hydrogen) atoms. The number of sulfonamides is 1. The van der Waals surface area contributed by atoms with Crippen LogP contribution in [0.25, 0.3) is 0 Å². The summed E-state index contributed by atoms with van der Waals surface area (Å²) >= 11 is 0. The predicted molar refractivity (Wildman–Crippen MR) is 94.2 cm³/mol. The number of carbonyl (C=O) groups is 1. The lowest BCUT2D eigenvalue weighted by Crippen LogP contribution is -2.46. The van der Waals surface area contributed by atoms with Gasteiger partial charge in [-0.2, -0.15) is 0 Å². The fourth-order valence-electron chi connectivity index (χ4n) is 2.86. The van der Waals surface area contributed by atoms with E-state index in [1.807, 2.05) is 11.8 Å². The van der Waals surface area contributed by atoms with Crippen LogP contribution >= 0.6 is 12.4 Å². The van der Waals surface area contributed by atoms with Gasteiger partial charge in [-0.1, -0.05) is 6.92 Å². The normalized spacial score (nSPS) is 15.8. The lowest BCUT2D eigenvalue weighted by molar-refractivity contribution is 0.0641. The molecule has 1 aromatic rings. The standard InChI is InChI=1S/C15H25N3O4S.ClH/c1-4-9-18(12-5-7-17-8-6-12)15(19)13-10-14(22-11(13)2)23(20,21)16-3;/h10,12,16-17H,4-9H2,1-3H3;1H. The molecule has 0 saturated carbocycles. The molecule has 0 radical (unpaired) electrons. The summed E-state index contributed by atoms with van der Waals surface area (Å²) in [5, 5.41) is 3.07. The number of aryl methyl sites for hydroxylation is 1. The van der Waals surface area contributed by atoms with Crippen LogP contribution in [-0.2, 0) is 10.0 Å². The number of carbonyl (C=O) groups excluding carboxylic acids is 1. The number of rotatable bonds is 6. The molecule has 0 atom stereocenters. The predicted octanol–water partition coefficient (Wildman–Crippen LogP) is 1.52. The third kappa shape index (κ3) is 4.50. The first-order chi connectivity index (χ1) is 10.9. The van der Waals surface area contributed by atoms with Crippen LogP contribution in [0.1, 0.15) is 42.3 Å². The second kappa shape index (κ2) is 8.84. The Morgan fingerprint density at radius 2 is 2.04 bits per heavy atom. The van der Waals surface area contributed by atoms with Crippen LogP contribution in [-0.4, -0.2) is 51.9 Å². The smallest absolute Gasteiger partial charge is 0.273 e. The summed E-state index contributed by atoms with van der Waals surface area (Å²) in [6, 6.07) is 1.51. The number of hydrogen-bond acceptors (Lipinski definition) is 5. The van der Waals surface area contributed by atoms with Crippen molar-refractivity contribution in [1.29, 1.82) is 0 Å². The molecule has 1 saturated heterocycles. The second-order valence-electron chi connectivity index (χ2n) is 5.72. The van der Waals surface area contributed by atoms with Gasteiger partial charge >= 0.3 is 0 Å². The summed E-state index contributed by atoms with van der Waals surface area (Å²) in [4.78, 5) is 14.8. The minimum atomic E-state index is -3.69. The second-order valence-corrected chi connectivity index (χ2v) is 7.54. The highest BCUT2D eigenvalue weighted by Gasteiger charge is 2.29. The number of nitrogens with one attached hydrogen (secondary N) is 2. The van der Waals surface area contributed by atoms with Crippen molar-refractivity contribution in [3.8, 4) is 0 Å². The molecule has 138 valence electrons. The highest BCUT2D eigenvalue weighted by atomic mass is 35.5. The largest absolute Gasteiger partial charge is 0.448 e. The van der Waals surface area contributed by atoms with Crippen LogP contribution in [0.4, 0.5) is 0 Å². The van der Waals surface area contributed by atoms with Crippen LogP contribution in [0.2, 0.25) is 0 Å². The van der Waals surface area contributed by atoms with E-state index in [0.717, 1.165) is 32.4 Å². The van der Waals surface area contributed by atoms with Crippen molar-refractivity contribution in [2.45, 2.75) is 44.2 Å². The Labute approximate surface area is 149 Å². The van der Waals surface area contributed by atoms with Crippen molar-refractivity contribution in [2.24, 2.45) is 0 Å². The molecule has 0 aliphatic carbocycles. The summed E-state index contributed by atoms with van der Waals surface area (Å²) in [5.74, 6) is 0.177. The molecule has 0 aromatic carbocycles. The first kappa shape index (κ1) is 21.0. The van der Waals surface area contributed by atoms with Crippen molar-refractivity contribution in [1.82, 2.24) is 14.9 Å². The molecule has 9 heteroatoms. The van der Waals surface area contributed by atoms with Gasteiger partial charge in [0.1, 0.15) is 5.76 Å². The van der Waals surface area contributed by atoms with Crippen molar-refractivity contribution < 1.29 is 17.6 Å². The van der Waals surface area contributed by atoms with Crippen LogP contribution in [0.15, 0.2) is 15.6 Å². The number of halogens is 1. The molecular weight excluding hydrogens is 354 g/mol. The topological polar surface area (TPSA) is 91.7 Å². The van der Waals surface area contributed by atoms with E-state index in [1.54, 1.807) is 6.92 Å². The number of furan rings is 1. The van der Waals surface area contributed by atoms with Gasteiger partial charge in [-0.3, -0.25) is 4.79 Å². The van der Waals surface area contributed by atoms with Crippen LogP contribution in [0, 0.1) is 6.92 Å². The Morgan fingerprint density at radius 3 is 2.58 bits per heavy atom. The molecule has 1 aliphatic rings. The monoisotopic (exact) mass is 379 g/mol. The Balaban J connectivity index is 0.00000288. The first-order valence-electron chi connectivity index (χ1n) is 7.96. The van der Waals surface area contributed by atoms with Gasteiger partial charge in [-0.05, 0) is 46.3 Å². The molecule has 2 rings (SSSR count). The van der Waals surface area contributed by atoms with Gasteiger partial charge in [-0.15, -0.1) is 12.4 Å². The Hall–Kier alpha value is -1.09. The van der Waals surface area contributed by atoms with Gasteiger partial charge in [0, 0.05) is 18.7 Å². The maximum absolute atomic E-state index is 12.9. The van der Waals surface area contributed by atoms with E-state index in [1.165, 1.54) is 13.1 Å². The fourth-order valence-corrected chi connectivity index (χ4v) is 3.57. The van der Waals surface area contributed by atoms with Gasteiger partial charge in [-0.25, -0.2) is 13.1 Å². The van der Waals surface area contributed by atoms with E-state index in [2.05, 4.69) is 10.0 Å². The van der Waals surface area contributed by atoms with Gasteiger partial charge in [0.05, 0.1) is 5.56 Å². The van der Waals surface area contributed by atoms with E-state index < -0.39 is 10.0 Å². The zero-order chi connectivity index (χ0) is 17.0. The number of piperidine rings is 1. The van der Waals surface area contributed by atoms with Crippen molar-refractivity contribution in [3.63, 3.8) is 0 Å². The van der Waals surface area contributed by atoms with E-state index in [9.17, 15) is 13.2 Å². The van der Waals surface area contributed by atoms with Crippen LogP contribution < -0.4 is 10.0 Å². The number of hydrogen-bond donors (Lipinski definition) is 2. The highest BCUT2D eigenvalue weighted by Crippen LogP contribution is 2.23. The SMILES string of the molecule is CCCN(C(=O)c1cc(S(=O)(=O)NC)oc1C)C1CCNCC1.Cl. The highest BCUT2D eigenvalue weighted by molar-refractivity contribution is 7.89. The molecule has 1 aliphatic heterocycles. The minimum absolute atomic E-state index is 0. The van der Waals surface area contributed by atoms with Crippen LogP contribution in [0.5, 0.6) is 0 Å². The third-order valence-electron chi connectivity index (χ3n) is 4.13. The zero-order valence-electron chi connectivity index (χ0n) is 14.3. The minimum Gasteiger partial charge on any atom is -0.448 e. The molecule has 1 aromatic heterocycles. The maximum atomic E-state index is 12.9. The lowest BCUT2D eigenvalue weighted by atomic mass is 10.0. The Kier molecular flexibility index (Phi) is 7.72. The van der Waals surface area contributed by atoms with E-state index in [0.29, 0.717) is 17.9 Å². The molecule has 2 heterocycles. The average Bonchev–Trinajstić information content (AvgIpc) is 2.95. The van der Waals surface area contributed by atoms with E-state index >= 15 is 0 Å². The van der Waals surface area contributed by atoms with Gasteiger partial charge in [0.2, 0.25) is 5.09 Å². The summed E-state index contributed by atoms with van der Waals surface area (Å²) in [6.07, 6.45) is 2.67. The van der Waals surface area contributed by atoms with Crippen molar-refractivity contribution in [2.75, 3.05) is 26.7 Å². The Bertz CT molecular complexity index is 654. The van der Waals surface area contributed by atoms with Crippen molar-refractivity contribution >= 4 is 28.3 Å². The molecule has 0 unspecified atom stereocenters. The average molecular weight is 380 g/mol. The number of nitrogens with zero attached hydrogens (tertiary/aromatic N) is 1. The zero-order valence-corrected chi connectivity index (χ0v) is 15.9. The lowest BCUT2D eigenvalue weighted by Gasteiger charge is -2.34. The Morgan fingerprint density at radius 1 is 1.42 bits per heavy atom. The molecule has 2 N–H and O–H groups in total. The fraction of sp³-hybridized carbons (Fsp3) is 0.667.